The number of anilines is 1. The van der Waals surface area contributed by atoms with E-state index in [9.17, 15) is 14.0 Å². The number of rotatable bonds is 6. The average Bonchev–Trinajstić information content (AvgIpc) is 3.13. The van der Waals surface area contributed by atoms with Gasteiger partial charge in [0, 0.05) is 50.2 Å². The molecular formula is C23H23FN4O2. The van der Waals surface area contributed by atoms with Crippen molar-refractivity contribution >= 4 is 17.5 Å². The van der Waals surface area contributed by atoms with E-state index in [1.54, 1.807) is 23.2 Å². The van der Waals surface area contributed by atoms with Crippen LogP contribution in [-0.2, 0) is 22.6 Å². The molecule has 3 aromatic rings. The lowest BCUT2D eigenvalue weighted by Gasteiger charge is -2.27. The third-order valence-electron chi connectivity index (χ3n) is 5.19. The molecule has 1 aliphatic heterocycles. The molecule has 0 saturated heterocycles. The number of Topliss-reactive ketones (excluding diaryl/α,β-unsaturated/α-hetero) is 1. The summed E-state index contributed by atoms with van der Waals surface area (Å²) in [6.07, 6.45) is 3.14. The van der Waals surface area contributed by atoms with Crippen LogP contribution < -0.4 is 4.90 Å². The molecule has 1 amide bonds. The fraction of sp³-hybridized carbons (Fsp3) is 0.304. The summed E-state index contributed by atoms with van der Waals surface area (Å²) < 4.78 is 14.9. The van der Waals surface area contributed by atoms with Gasteiger partial charge in [-0.15, -0.1) is 0 Å². The van der Waals surface area contributed by atoms with Crippen molar-refractivity contribution in [2.45, 2.75) is 39.2 Å². The van der Waals surface area contributed by atoms with E-state index in [-0.39, 0.29) is 36.8 Å². The van der Waals surface area contributed by atoms with Crippen molar-refractivity contribution < 1.29 is 14.0 Å². The molecule has 0 radical (unpaired) electrons. The summed E-state index contributed by atoms with van der Waals surface area (Å²) in [5.74, 6) is 0.479. The van der Waals surface area contributed by atoms with Crippen LogP contribution >= 0.6 is 0 Å². The number of amides is 1. The van der Waals surface area contributed by atoms with Crippen LogP contribution in [0.1, 0.15) is 30.5 Å². The van der Waals surface area contributed by atoms with Crippen LogP contribution in [0.25, 0.3) is 11.3 Å². The number of pyridine rings is 1. The second kappa shape index (κ2) is 8.57. The molecule has 6 nitrogen and oxygen atoms in total. The van der Waals surface area contributed by atoms with Crippen molar-refractivity contribution in [3.63, 3.8) is 0 Å². The first-order chi connectivity index (χ1) is 14.5. The minimum absolute atomic E-state index is 0.00128. The Hall–Kier alpha value is -3.35. The third-order valence-corrected chi connectivity index (χ3v) is 5.19. The van der Waals surface area contributed by atoms with Crippen LogP contribution in [0.4, 0.5) is 10.2 Å². The maximum Gasteiger partial charge on any atom is 0.228 e. The lowest BCUT2D eigenvalue weighted by atomic mass is 10.1. The monoisotopic (exact) mass is 406 g/mol. The van der Waals surface area contributed by atoms with Crippen molar-refractivity contribution in [3.8, 4) is 11.3 Å². The fourth-order valence-electron chi connectivity index (χ4n) is 3.68. The number of nitrogens with zero attached hydrogens (tertiary/aromatic N) is 4. The first-order valence-corrected chi connectivity index (χ1v) is 10.1. The van der Waals surface area contributed by atoms with Gasteiger partial charge in [0.2, 0.25) is 5.91 Å². The van der Waals surface area contributed by atoms with Gasteiger partial charge in [-0.25, -0.2) is 9.07 Å². The van der Waals surface area contributed by atoms with E-state index in [2.05, 4.69) is 10.1 Å². The Morgan fingerprint density at radius 2 is 1.87 bits per heavy atom. The molecule has 0 fully saturated rings. The van der Waals surface area contributed by atoms with Crippen molar-refractivity contribution in [2.75, 3.05) is 11.4 Å². The second-order valence-electron chi connectivity index (χ2n) is 7.54. The molecule has 3 heterocycles. The van der Waals surface area contributed by atoms with Crippen molar-refractivity contribution in [1.82, 2.24) is 14.8 Å². The van der Waals surface area contributed by atoms with Gasteiger partial charge in [0.15, 0.2) is 0 Å². The largest absolute Gasteiger partial charge is 0.299 e. The Morgan fingerprint density at radius 1 is 1.07 bits per heavy atom. The molecule has 7 heteroatoms. The standard InChI is InChI=1S/C23H23FN4O2/c1-16-13-22-27(11-2-12-28(22)26-16)23(30)10-8-20(29)14-17-3-9-21(25-15-17)18-4-6-19(24)7-5-18/h3-7,9,13,15H,2,8,10-12,14H2,1H3. The molecule has 0 spiro atoms. The van der Waals surface area contributed by atoms with E-state index < -0.39 is 0 Å². The summed E-state index contributed by atoms with van der Waals surface area (Å²) in [5.41, 5.74) is 3.22. The molecule has 0 unspecified atom stereocenters. The van der Waals surface area contributed by atoms with Gasteiger partial charge in [0.25, 0.3) is 0 Å². The number of carbonyl (C=O) groups excluding carboxylic acids is 2. The van der Waals surface area contributed by atoms with Gasteiger partial charge in [-0.3, -0.25) is 19.5 Å². The number of benzene rings is 1. The Bertz CT molecular complexity index is 1060. The maximum absolute atomic E-state index is 13.0. The fourth-order valence-corrected chi connectivity index (χ4v) is 3.68. The summed E-state index contributed by atoms with van der Waals surface area (Å²) in [6, 6.07) is 11.7. The lowest BCUT2D eigenvalue weighted by molar-refractivity contribution is -0.123. The first-order valence-electron chi connectivity index (χ1n) is 10.1. The number of fused-ring (bicyclic) bond motifs is 1. The Kier molecular flexibility index (Phi) is 5.70. The van der Waals surface area contributed by atoms with E-state index in [1.807, 2.05) is 29.8 Å². The van der Waals surface area contributed by atoms with Crippen molar-refractivity contribution in [1.29, 1.82) is 0 Å². The molecule has 1 aliphatic rings. The van der Waals surface area contributed by atoms with Crippen LogP contribution in [0.2, 0.25) is 0 Å². The third kappa shape index (κ3) is 4.45. The zero-order chi connectivity index (χ0) is 21.1. The van der Waals surface area contributed by atoms with E-state index in [1.165, 1.54) is 12.1 Å². The van der Waals surface area contributed by atoms with Crippen LogP contribution in [0.3, 0.4) is 0 Å². The SMILES string of the molecule is Cc1cc2n(n1)CCCN2C(=O)CCC(=O)Cc1ccc(-c2ccc(F)cc2)nc1. The van der Waals surface area contributed by atoms with Gasteiger partial charge >= 0.3 is 0 Å². The summed E-state index contributed by atoms with van der Waals surface area (Å²) in [6.45, 7) is 3.38. The molecule has 0 atom stereocenters. The number of carbonyl (C=O) groups is 2. The van der Waals surface area contributed by atoms with Gasteiger partial charge in [-0.2, -0.15) is 5.10 Å². The molecule has 0 saturated carbocycles. The zero-order valence-electron chi connectivity index (χ0n) is 16.8. The lowest BCUT2D eigenvalue weighted by Crippen LogP contribution is -2.37. The van der Waals surface area contributed by atoms with Crippen LogP contribution in [0.5, 0.6) is 0 Å². The highest BCUT2D eigenvalue weighted by atomic mass is 19.1. The Balaban J connectivity index is 1.32. The predicted molar refractivity (Wildman–Crippen MR) is 112 cm³/mol. The smallest absolute Gasteiger partial charge is 0.228 e. The first kappa shape index (κ1) is 19.9. The van der Waals surface area contributed by atoms with Crippen molar-refractivity contribution in [3.05, 3.63) is 65.7 Å². The summed E-state index contributed by atoms with van der Waals surface area (Å²) in [4.78, 5) is 31.1. The van der Waals surface area contributed by atoms with Crippen LogP contribution in [0.15, 0.2) is 48.7 Å². The second-order valence-corrected chi connectivity index (χ2v) is 7.54. The molecule has 4 rings (SSSR count). The highest BCUT2D eigenvalue weighted by Crippen LogP contribution is 2.23. The summed E-state index contributed by atoms with van der Waals surface area (Å²) in [7, 11) is 0. The molecule has 0 bridgehead atoms. The van der Waals surface area contributed by atoms with E-state index in [4.69, 9.17) is 0 Å². The zero-order valence-corrected chi connectivity index (χ0v) is 16.8. The van der Waals surface area contributed by atoms with E-state index >= 15 is 0 Å². The Labute approximate surface area is 174 Å². The summed E-state index contributed by atoms with van der Waals surface area (Å²) >= 11 is 0. The van der Waals surface area contributed by atoms with Gasteiger partial charge in [0.1, 0.15) is 17.4 Å². The molecule has 2 aromatic heterocycles. The highest BCUT2D eigenvalue weighted by molar-refractivity contribution is 5.95. The summed E-state index contributed by atoms with van der Waals surface area (Å²) in [5, 5.41) is 4.40. The molecular weight excluding hydrogens is 383 g/mol. The minimum atomic E-state index is -0.292. The maximum atomic E-state index is 13.0. The number of halogens is 1. The number of ketones is 1. The number of hydrogen-bond donors (Lipinski definition) is 0. The van der Waals surface area contributed by atoms with Gasteiger partial charge in [-0.1, -0.05) is 6.07 Å². The van der Waals surface area contributed by atoms with Gasteiger partial charge in [-0.05, 0) is 49.2 Å². The predicted octanol–water partition coefficient (Wildman–Crippen LogP) is 3.72. The number of aromatic nitrogens is 3. The molecule has 0 aliphatic carbocycles. The number of aryl methyl sites for hydroxylation is 2. The Morgan fingerprint density at radius 3 is 2.60 bits per heavy atom. The van der Waals surface area contributed by atoms with Gasteiger partial charge in [0.05, 0.1) is 11.4 Å². The van der Waals surface area contributed by atoms with Gasteiger partial charge < -0.3 is 0 Å². The molecule has 154 valence electrons. The van der Waals surface area contributed by atoms with Crippen LogP contribution in [-0.4, -0.2) is 33.0 Å². The quantitative estimate of drug-likeness (QED) is 0.626. The topological polar surface area (TPSA) is 68.1 Å². The molecule has 30 heavy (non-hydrogen) atoms. The minimum Gasteiger partial charge on any atom is -0.299 e. The van der Waals surface area contributed by atoms with E-state index in [0.29, 0.717) is 6.54 Å². The average molecular weight is 406 g/mol. The highest BCUT2D eigenvalue weighted by Gasteiger charge is 2.24. The number of hydrogen-bond acceptors (Lipinski definition) is 4. The van der Waals surface area contributed by atoms with Crippen LogP contribution in [0, 0.1) is 12.7 Å². The molecule has 0 N–H and O–H groups in total. The molecule has 1 aromatic carbocycles. The van der Waals surface area contributed by atoms with Crippen molar-refractivity contribution in [2.24, 2.45) is 0 Å². The van der Waals surface area contributed by atoms with E-state index in [0.717, 1.165) is 41.3 Å². The normalized spacial score (nSPS) is 13.2.